The molecule has 2 aromatic rings. The van der Waals surface area contributed by atoms with Crippen molar-refractivity contribution >= 4 is 0 Å². The minimum atomic E-state index is 0.389. The average Bonchev–Trinajstić information content (AvgIpc) is 3.46. The predicted molar refractivity (Wildman–Crippen MR) is 108 cm³/mol. The molecule has 6 nitrogen and oxygen atoms in total. The molecule has 1 aromatic heterocycles. The molecular weight excluding hydrogens is 350 g/mol. The van der Waals surface area contributed by atoms with Crippen molar-refractivity contribution in [3.05, 3.63) is 41.5 Å². The largest absolute Gasteiger partial charge is 0.490 e. The van der Waals surface area contributed by atoms with Crippen molar-refractivity contribution in [2.24, 2.45) is 0 Å². The smallest absolute Gasteiger partial charge is 0.150 e. The Morgan fingerprint density at radius 1 is 0.964 bits per heavy atom. The molecule has 28 heavy (non-hydrogen) atoms. The lowest BCUT2D eigenvalue weighted by atomic mass is 10.2. The van der Waals surface area contributed by atoms with Crippen molar-refractivity contribution < 1.29 is 4.74 Å². The fourth-order valence-electron chi connectivity index (χ4n) is 4.84. The van der Waals surface area contributed by atoms with Gasteiger partial charge in [0.25, 0.3) is 0 Å². The molecule has 2 fully saturated rings. The molecule has 1 saturated heterocycles. The Balaban J connectivity index is 1.19. The highest BCUT2D eigenvalue weighted by Crippen LogP contribution is 2.25. The first kappa shape index (κ1) is 18.1. The SMILES string of the molecule is c1cc(OC2CCCC2)ccc1CN1CCc2nnc([C@@H]3CCCN3)n2CC1. The van der Waals surface area contributed by atoms with Gasteiger partial charge in [-0.15, -0.1) is 10.2 Å². The molecule has 6 heteroatoms. The number of aromatic nitrogens is 3. The van der Waals surface area contributed by atoms with Crippen molar-refractivity contribution in [2.45, 2.75) is 70.2 Å². The van der Waals surface area contributed by atoms with E-state index in [1.807, 2.05) is 0 Å². The van der Waals surface area contributed by atoms with Gasteiger partial charge in [0.15, 0.2) is 0 Å². The Hall–Kier alpha value is -1.92. The van der Waals surface area contributed by atoms with Gasteiger partial charge in [-0.1, -0.05) is 12.1 Å². The monoisotopic (exact) mass is 381 g/mol. The molecule has 1 aliphatic carbocycles. The lowest BCUT2D eigenvalue weighted by Gasteiger charge is -2.20. The molecule has 0 bridgehead atoms. The van der Waals surface area contributed by atoms with Gasteiger partial charge in [-0.25, -0.2) is 0 Å². The van der Waals surface area contributed by atoms with Gasteiger partial charge in [0.1, 0.15) is 17.4 Å². The average molecular weight is 382 g/mol. The normalized spacial score (nSPS) is 23.6. The highest BCUT2D eigenvalue weighted by atomic mass is 16.5. The molecule has 5 rings (SSSR count). The summed E-state index contributed by atoms with van der Waals surface area (Å²) in [6.45, 7) is 5.15. The molecule has 0 unspecified atom stereocenters. The molecule has 0 amide bonds. The van der Waals surface area contributed by atoms with Crippen LogP contribution in [0, 0.1) is 0 Å². The quantitative estimate of drug-likeness (QED) is 0.863. The number of ether oxygens (including phenoxy) is 1. The zero-order valence-electron chi connectivity index (χ0n) is 16.6. The lowest BCUT2D eigenvalue weighted by molar-refractivity contribution is 0.210. The number of benzene rings is 1. The van der Waals surface area contributed by atoms with Crippen LogP contribution < -0.4 is 10.1 Å². The van der Waals surface area contributed by atoms with Crippen molar-refractivity contribution in [3.63, 3.8) is 0 Å². The van der Waals surface area contributed by atoms with Crippen molar-refractivity contribution in [2.75, 3.05) is 19.6 Å². The van der Waals surface area contributed by atoms with Gasteiger partial charge in [-0.05, 0) is 62.8 Å². The van der Waals surface area contributed by atoms with Crippen LogP contribution in [-0.2, 0) is 19.5 Å². The summed E-state index contributed by atoms with van der Waals surface area (Å²) in [5.41, 5.74) is 1.36. The van der Waals surface area contributed by atoms with E-state index in [1.165, 1.54) is 44.1 Å². The standard InChI is InChI=1S/C22H31N5O/c1-2-5-18(4-1)28-19-9-7-17(8-10-19)16-26-13-11-21-24-25-22(27(21)15-14-26)20-6-3-12-23-20/h7-10,18,20,23H,1-6,11-16H2/t20-/m0/s1. The van der Waals surface area contributed by atoms with E-state index in [1.54, 1.807) is 0 Å². The van der Waals surface area contributed by atoms with Crippen LogP contribution >= 0.6 is 0 Å². The first-order valence-electron chi connectivity index (χ1n) is 11.0. The molecule has 150 valence electrons. The van der Waals surface area contributed by atoms with Crippen LogP contribution in [0.4, 0.5) is 0 Å². The molecule has 1 atom stereocenters. The fourth-order valence-corrected chi connectivity index (χ4v) is 4.84. The Morgan fingerprint density at radius 3 is 2.61 bits per heavy atom. The third kappa shape index (κ3) is 3.94. The van der Waals surface area contributed by atoms with Crippen LogP contribution in [0.2, 0.25) is 0 Å². The zero-order valence-corrected chi connectivity index (χ0v) is 16.6. The van der Waals surface area contributed by atoms with Gasteiger partial charge in [0.05, 0.1) is 12.1 Å². The van der Waals surface area contributed by atoms with Gasteiger partial charge in [-0.2, -0.15) is 0 Å². The van der Waals surface area contributed by atoms with E-state index in [0.717, 1.165) is 56.5 Å². The van der Waals surface area contributed by atoms with Crippen LogP contribution in [0.5, 0.6) is 5.75 Å². The second kappa shape index (κ2) is 8.21. The van der Waals surface area contributed by atoms with Crippen molar-refractivity contribution in [1.29, 1.82) is 0 Å². The number of hydrogen-bond acceptors (Lipinski definition) is 5. The van der Waals surface area contributed by atoms with E-state index in [-0.39, 0.29) is 0 Å². The molecule has 1 aromatic carbocycles. The summed E-state index contributed by atoms with van der Waals surface area (Å²) in [7, 11) is 0. The number of rotatable bonds is 5. The van der Waals surface area contributed by atoms with Gasteiger partial charge < -0.3 is 14.6 Å². The second-order valence-electron chi connectivity index (χ2n) is 8.47. The Bertz CT molecular complexity index is 775. The molecule has 0 radical (unpaired) electrons. The summed E-state index contributed by atoms with van der Waals surface area (Å²) >= 11 is 0. The minimum Gasteiger partial charge on any atom is -0.490 e. The third-order valence-corrected chi connectivity index (χ3v) is 6.45. The van der Waals surface area contributed by atoms with Crippen LogP contribution in [0.3, 0.4) is 0 Å². The van der Waals surface area contributed by atoms with Crippen LogP contribution in [0.15, 0.2) is 24.3 Å². The zero-order chi connectivity index (χ0) is 18.8. The number of nitrogens with one attached hydrogen (secondary N) is 1. The van der Waals surface area contributed by atoms with E-state index in [9.17, 15) is 0 Å². The number of hydrogen-bond donors (Lipinski definition) is 1. The topological polar surface area (TPSA) is 55.2 Å². The van der Waals surface area contributed by atoms with Gasteiger partial charge in [-0.3, -0.25) is 4.90 Å². The second-order valence-corrected chi connectivity index (χ2v) is 8.47. The summed E-state index contributed by atoms with van der Waals surface area (Å²) < 4.78 is 8.46. The Morgan fingerprint density at radius 2 is 1.82 bits per heavy atom. The first-order valence-corrected chi connectivity index (χ1v) is 11.0. The summed E-state index contributed by atoms with van der Waals surface area (Å²) in [6.07, 6.45) is 8.84. The van der Waals surface area contributed by atoms with E-state index in [2.05, 4.69) is 49.2 Å². The maximum Gasteiger partial charge on any atom is 0.150 e. The number of fused-ring (bicyclic) bond motifs is 1. The first-order chi connectivity index (χ1) is 13.8. The van der Waals surface area contributed by atoms with Gasteiger partial charge in [0, 0.05) is 32.6 Å². The molecular formula is C22H31N5O. The molecule has 0 spiro atoms. The molecule has 3 heterocycles. The summed E-state index contributed by atoms with van der Waals surface area (Å²) in [4.78, 5) is 2.54. The predicted octanol–water partition coefficient (Wildman–Crippen LogP) is 3.08. The van der Waals surface area contributed by atoms with E-state index >= 15 is 0 Å². The van der Waals surface area contributed by atoms with Gasteiger partial charge >= 0.3 is 0 Å². The van der Waals surface area contributed by atoms with E-state index in [4.69, 9.17) is 4.74 Å². The van der Waals surface area contributed by atoms with Crippen LogP contribution in [0.1, 0.15) is 61.8 Å². The molecule has 2 aliphatic heterocycles. The number of nitrogens with zero attached hydrogens (tertiary/aromatic N) is 4. The Kier molecular flexibility index (Phi) is 5.32. The molecule has 1 N–H and O–H groups in total. The third-order valence-electron chi connectivity index (χ3n) is 6.45. The minimum absolute atomic E-state index is 0.389. The van der Waals surface area contributed by atoms with Crippen LogP contribution in [-0.4, -0.2) is 45.4 Å². The summed E-state index contributed by atoms with van der Waals surface area (Å²) in [5.74, 6) is 3.31. The van der Waals surface area contributed by atoms with Crippen molar-refractivity contribution in [1.82, 2.24) is 25.0 Å². The van der Waals surface area contributed by atoms with E-state index in [0.29, 0.717) is 12.1 Å². The maximum atomic E-state index is 6.10. The van der Waals surface area contributed by atoms with E-state index < -0.39 is 0 Å². The highest BCUT2D eigenvalue weighted by molar-refractivity contribution is 5.27. The summed E-state index contributed by atoms with van der Waals surface area (Å²) in [5, 5.41) is 12.6. The summed E-state index contributed by atoms with van der Waals surface area (Å²) in [6, 6.07) is 9.13. The lowest BCUT2D eigenvalue weighted by Crippen LogP contribution is -2.27. The molecule has 1 saturated carbocycles. The van der Waals surface area contributed by atoms with Gasteiger partial charge in [0.2, 0.25) is 0 Å². The van der Waals surface area contributed by atoms with Crippen LogP contribution in [0.25, 0.3) is 0 Å². The van der Waals surface area contributed by atoms with Crippen molar-refractivity contribution in [3.8, 4) is 5.75 Å². The maximum absolute atomic E-state index is 6.10. The highest BCUT2D eigenvalue weighted by Gasteiger charge is 2.26. The fraction of sp³-hybridized carbons (Fsp3) is 0.636. The molecule has 3 aliphatic rings. The Labute approximate surface area is 167 Å².